The fourth-order valence-corrected chi connectivity index (χ4v) is 0.884. The van der Waals surface area contributed by atoms with E-state index in [0.717, 1.165) is 0 Å². The number of aliphatic hydroxyl groups excluding tert-OH is 2. The number of hydrogen-bond acceptors (Lipinski definition) is 3. The Morgan fingerprint density at radius 2 is 2.00 bits per heavy atom. The fraction of sp³-hybridized carbons (Fsp3) is 1.00. The predicted molar refractivity (Wildman–Crippen MR) is 29.8 cm³/mol. The molecular weight excluding hydrogens is 144 g/mol. The first-order valence-electron chi connectivity index (χ1n) is 2.99. The Morgan fingerprint density at radius 1 is 1.40 bits per heavy atom. The highest BCUT2D eigenvalue weighted by molar-refractivity contribution is 4.90. The van der Waals surface area contributed by atoms with Crippen LogP contribution in [0.4, 0.5) is 8.78 Å². The molecule has 1 heterocycles. The Hall–Kier alpha value is -0.260. The summed E-state index contributed by atoms with van der Waals surface area (Å²) in [5.41, 5.74) is 0. The van der Waals surface area contributed by atoms with Crippen LogP contribution in [0.15, 0.2) is 0 Å². The highest BCUT2D eigenvalue weighted by atomic mass is 19.3. The summed E-state index contributed by atoms with van der Waals surface area (Å²) in [5.74, 6) is -3.20. The van der Waals surface area contributed by atoms with Crippen molar-refractivity contribution < 1.29 is 19.0 Å². The van der Waals surface area contributed by atoms with E-state index >= 15 is 0 Å². The Kier molecular flexibility index (Phi) is 1.89. The van der Waals surface area contributed by atoms with Crippen LogP contribution in [0, 0.1) is 0 Å². The number of hydrogen-bond donors (Lipinski definition) is 3. The number of rotatable bonds is 0. The standard InChI is InChI=1S/C5H9F2NO2/c6-5(7)2-8-1-3(9)4(5)10/h3-4,8-10H,1-2H2/t3-,4-/m1/s1. The average molecular weight is 153 g/mol. The lowest BCUT2D eigenvalue weighted by molar-refractivity contribution is -0.165. The highest BCUT2D eigenvalue weighted by Gasteiger charge is 2.45. The van der Waals surface area contributed by atoms with Gasteiger partial charge in [0.25, 0.3) is 5.92 Å². The molecule has 0 unspecified atom stereocenters. The van der Waals surface area contributed by atoms with E-state index in [9.17, 15) is 8.78 Å². The summed E-state index contributed by atoms with van der Waals surface area (Å²) in [4.78, 5) is 0. The molecule has 0 aromatic carbocycles. The summed E-state index contributed by atoms with van der Waals surface area (Å²) >= 11 is 0. The van der Waals surface area contributed by atoms with Crippen LogP contribution in [-0.4, -0.2) is 41.4 Å². The van der Waals surface area contributed by atoms with Crippen molar-refractivity contribution in [2.75, 3.05) is 13.1 Å². The molecular formula is C5H9F2NO2. The zero-order chi connectivity index (χ0) is 7.78. The number of alkyl halides is 2. The van der Waals surface area contributed by atoms with Crippen LogP contribution in [-0.2, 0) is 0 Å². The molecule has 1 fully saturated rings. The number of halogens is 2. The summed E-state index contributed by atoms with van der Waals surface area (Å²) < 4.78 is 24.8. The minimum atomic E-state index is -3.20. The first kappa shape index (κ1) is 7.84. The quantitative estimate of drug-likeness (QED) is 0.416. The summed E-state index contributed by atoms with van der Waals surface area (Å²) in [7, 11) is 0. The van der Waals surface area contributed by atoms with Crippen LogP contribution in [0.5, 0.6) is 0 Å². The van der Waals surface area contributed by atoms with Gasteiger partial charge in [-0.25, -0.2) is 8.78 Å². The zero-order valence-electron chi connectivity index (χ0n) is 5.22. The van der Waals surface area contributed by atoms with Crippen LogP contribution < -0.4 is 5.32 Å². The fourth-order valence-electron chi connectivity index (χ4n) is 0.884. The molecule has 0 bridgehead atoms. The molecule has 3 nitrogen and oxygen atoms in total. The van der Waals surface area contributed by atoms with Gasteiger partial charge in [-0.3, -0.25) is 0 Å². The van der Waals surface area contributed by atoms with E-state index < -0.39 is 24.7 Å². The molecule has 0 radical (unpaired) electrons. The number of piperidine rings is 1. The monoisotopic (exact) mass is 153 g/mol. The van der Waals surface area contributed by atoms with Gasteiger partial charge < -0.3 is 15.5 Å². The smallest absolute Gasteiger partial charge is 0.288 e. The van der Waals surface area contributed by atoms with Gasteiger partial charge in [0.1, 0.15) is 6.10 Å². The second-order valence-electron chi connectivity index (χ2n) is 2.40. The lowest BCUT2D eigenvalue weighted by Crippen LogP contribution is -2.57. The van der Waals surface area contributed by atoms with Gasteiger partial charge in [-0.2, -0.15) is 0 Å². The van der Waals surface area contributed by atoms with Crippen molar-refractivity contribution in [3.8, 4) is 0 Å². The van der Waals surface area contributed by atoms with E-state index in [1.54, 1.807) is 0 Å². The van der Waals surface area contributed by atoms with E-state index in [4.69, 9.17) is 10.2 Å². The topological polar surface area (TPSA) is 52.5 Å². The molecule has 0 saturated carbocycles. The molecule has 1 aliphatic rings. The maximum Gasteiger partial charge on any atom is 0.288 e. The van der Waals surface area contributed by atoms with E-state index in [2.05, 4.69) is 5.32 Å². The van der Waals surface area contributed by atoms with Crippen molar-refractivity contribution >= 4 is 0 Å². The molecule has 1 aliphatic heterocycles. The lowest BCUT2D eigenvalue weighted by Gasteiger charge is -2.31. The molecule has 0 amide bonds. The average Bonchev–Trinajstić information content (AvgIpc) is 1.83. The van der Waals surface area contributed by atoms with E-state index in [0.29, 0.717) is 0 Å². The molecule has 0 aliphatic carbocycles. The molecule has 0 aromatic heterocycles. The van der Waals surface area contributed by atoms with Gasteiger partial charge in [0.05, 0.1) is 12.6 Å². The molecule has 1 rings (SSSR count). The van der Waals surface area contributed by atoms with Crippen molar-refractivity contribution in [3.05, 3.63) is 0 Å². The SMILES string of the molecule is O[C@@H]1CNCC(F)(F)[C@@H]1O. The molecule has 2 atom stereocenters. The largest absolute Gasteiger partial charge is 0.389 e. The predicted octanol–water partition coefficient (Wildman–Crippen LogP) is -1.05. The van der Waals surface area contributed by atoms with Crippen LogP contribution >= 0.6 is 0 Å². The van der Waals surface area contributed by atoms with E-state index in [-0.39, 0.29) is 6.54 Å². The van der Waals surface area contributed by atoms with Crippen LogP contribution in [0.2, 0.25) is 0 Å². The second-order valence-corrected chi connectivity index (χ2v) is 2.40. The Labute approximate surface area is 56.7 Å². The Bertz CT molecular complexity index is 131. The molecule has 0 spiro atoms. The van der Waals surface area contributed by atoms with Crippen molar-refractivity contribution in [2.24, 2.45) is 0 Å². The van der Waals surface area contributed by atoms with Gasteiger partial charge in [-0.05, 0) is 0 Å². The molecule has 3 N–H and O–H groups in total. The second kappa shape index (κ2) is 2.41. The maximum atomic E-state index is 12.4. The number of aliphatic hydroxyl groups is 2. The van der Waals surface area contributed by atoms with Crippen molar-refractivity contribution in [1.29, 1.82) is 0 Å². The summed E-state index contributed by atoms with van der Waals surface area (Å²) in [6.45, 7) is -0.540. The lowest BCUT2D eigenvalue weighted by atomic mass is 10.0. The minimum absolute atomic E-state index is 0.0246. The van der Waals surface area contributed by atoms with Crippen LogP contribution in [0.1, 0.15) is 0 Å². The molecule has 60 valence electrons. The van der Waals surface area contributed by atoms with Crippen molar-refractivity contribution in [1.82, 2.24) is 5.32 Å². The van der Waals surface area contributed by atoms with Crippen LogP contribution in [0.25, 0.3) is 0 Å². The molecule has 0 aromatic rings. The van der Waals surface area contributed by atoms with Gasteiger partial charge >= 0.3 is 0 Å². The van der Waals surface area contributed by atoms with Crippen molar-refractivity contribution in [2.45, 2.75) is 18.1 Å². The van der Waals surface area contributed by atoms with Gasteiger partial charge in [0, 0.05) is 6.54 Å². The van der Waals surface area contributed by atoms with Crippen LogP contribution in [0.3, 0.4) is 0 Å². The first-order valence-corrected chi connectivity index (χ1v) is 2.99. The maximum absolute atomic E-state index is 12.4. The molecule has 10 heavy (non-hydrogen) atoms. The first-order chi connectivity index (χ1) is 4.54. The Balaban J connectivity index is 2.60. The van der Waals surface area contributed by atoms with Gasteiger partial charge in [-0.15, -0.1) is 0 Å². The number of β-amino-alcohol motifs (C(OH)–C–C–N with tert-alkyl or cyclic N) is 1. The third-order valence-electron chi connectivity index (χ3n) is 1.51. The van der Waals surface area contributed by atoms with Crippen molar-refractivity contribution in [3.63, 3.8) is 0 Å². The summed E-state index contributed by atoms with van der Waals surface area (Å²) in [5, 5.41) is 19.7. The molecule has 5 heteroatoms. The van der Waals surface area contributed by atoms with Gasteiger partial charge in [0.15, 0.2) is 0 Å². The summed E-state index contributed by atoms with van der Waals surface area (Å²) in [6, 6.07) is 0. The normalized spacial score (nSPS) is 39.6. The third kappa shape index (κ3) is 1.25. The van der Waals surface area contributed by atoms with Gasteiger partial charge in [-0.1, -0.05) is 0 Å². The molecule has 1 saturated heterocycles. The zero-order valence-corrected chi connectivity index (χ0v) is 5.22. The Morgan fingerprint density at radius 3 is 2.40 bits per heavy atom. The van der Waals surface area contributed by atoms with Gasteiger partial charge in [0.2, 0.25) is 0 Å². The number of nitrogens with one attached hydrogen (secondary N) is 1. The highest BCUT2D eigenvalue weighted by Crippen LogP contribution is 2.22. The van der Waals surface area contributed by atoms with E-state index in [1.807, 2.05) is 0 Å². The van der Waals surface area contributed by atoms with E-state index in [1.165, 1.54) is 0 Å². The third-order valence-corrected chi connectivity index (χ3v) is 1.51. The minimum Gasteiger partial charge on any atom is -0.389 e. The summed E-state index contributed by atoms with van der Waals surface area (Å²) in [6.07, 6.45) is -3.28.